The van der Waals surface area contributed by atoms with Crippen molar-refractivity contribution < 1.29 is 28.7 Å². The van der Waals surface area contributed by atoms with Gasteiger partial charge in [0.15, 0.2) is 0 Å². The van der Waals surface area contributed by atoms with E-state index >= 15 is 0 Å². The topological polar surface area (TPSA) is 111 Å². The van der Waals surface area contributed by atoms with Crippen LogP contribution in [0, 0.1) is 0 Å². The third-order valence-corrected chi connectivity index (χ3v) is 5.33. The first-order chi connectivity index (χ1) is 17.4. The van der Waals surface area contributed by atoms with Crippen molar-refractivity contribution in [2.24, 2.45) is 0 Å². The van der Waals surface area contributed by atoms with Crippen LogP contribution in [0.25, 0.3) is 0 Å². The van der Waals surface area contributed by atoms with E-state index < -0.39 is 0 Å². The van der Waals surface area contributed by atoms with Gasteiger partial charge in [-0.1, -0.05) is 26.7 Å². The van der Waals surface area contributed by atoms with Crippen molar-refractivity contribution in [1.82, 2.24) is 0 Å². The summed E-state index contributed by atoms with van der Waals surface area (Å²) in [6, 6.07) is 13.1. The molecule has 0 spiro atoms. The number of ether oxygens (including phenoxy) is 2. The quantitative estimate of drug-likeness (QED) is 0.240. The highest BCUT2D eigenvalue weighted by atomic mass is 16.5. The van der Waals surface area contributed by atoms with Gasteiger partial charge in [-0.15, -0.1) is 0 Å². The first kappa shape index (κ1) is 28.6. The lowest BCUT2D eigenvalue weighted by molar-refractivity contribution is -0.118. The molecule has 0 aliphatic carbocycles. The van der Waals surface area contributed by atoms with Gasteiger partial charge in [0.1, 0.15) is 0 Å². The van der Waals surface area contributed by atoms with E-state index in [0.717, 1.165) is 25.7 Å². The van der Waals surface area contributed by atoms with Gasteiger partial charge in [-0.3, -0.25) is 9.59 Å². The number of carbonyl (C=O) groups is 4. The number of nitrogens with one attached hydrogen (secondary N) is 2. The number of benzene rings is 2. The number of esters is 2. The minimum atomic E-state index is -0.375. The van der Waals surface area contributed by atoms with Gasteiger partial charge in [-0.05, 0) is 74.2 Å². The van der Waals surface area contributed by atoms with Gasteiger partial charge in [-0.25, -0.2) is 9.59 Å². The monoisotopic (exact) mass is 496 g/mol. The second-order valence-electron chi connectivity index (χ2n) is 8.44. The number of amides is 2. The van der Waals surface area contributed by atoms with Crippen molar-refractivity contribution in [2.45, 2.75) is 65.2 Å². The minimum absolute atomic E-state index is 0.157. The Morgan fingerprint density at radius 1 is 0.583 bits per heavy atom. The van der Waals surface area contributed by atoms with E-state index in [1.54, 1.807) is 48.5 Å². The van der Waals surface area contributed by atoms with E-state index in [0.29, 0.717) is 48.6 Å². The predicted molar refractivity (Wildman–Crippen MR) is 139 cm³/mol. The zero-order valence-electron chi connectivity index (χ0n) is 21.1. The van der Waals surface area contributed by atoms with Crippen LogP contribution in [0.1, 0.15) is 85.9 Å². The maximum Gasteiger partial charge on any atom is 0.338 e. The lowest BCUT2D eigenvalue weighted by atomic mass is 10.1. The largest absolute Gasteiger partial charge is 0.462 e. The molecule has 0 atom stereocenters. The molecule has 0 saturated carbocycles. The summed E-state index contributed by atoms with van der Waals surface area (Å²) in [7, 11) is 0. The van der Waals surface area contributed by atoms with E-state index in [9.17, 15) is 19.2 Å². The Hall–Kier alpha value is -3.68. The van der Waals surface area contributed by atoms with Crippen LogP contribution in [-0.4, -0.2) is 37.0 Å². The molecule has 36 heavy (non-hydrogen) atoms. The molecule has 0 aliphatic heterocycles. The number of carbonyl (C=O) groups excluding carboxylic acids is 4. The molecule has 2 rings (SSSR count). The van der Waals surface area contributed by atoms with Crippen molar-refractivity contribution in [1.29, 1.82) is 0 Å². The molecule has 2 aromatic rings. The van der Waals surface area contributed by atoms with E-state index in [4.69, 9.17) is 9.47 Å². The van der Waals surface area contributed by atoms with E-state index in [2.05, 4.69) is 10.6 Å². The van der Waals surface area contributed by atoms with Crippen molar-refractivity contribution in [3.8, 4) is 0 Å². The summed E-state index contributed by atoms with van der Waals surface area (Å²) < 4.78 is 10.3. The fraction of sp³-hybridized carbons (Fsp3) is 0.429. The van der Waals surface area contributed by atoms with Crippen LogP contribution in [0.4, 0.5) is 11.4 Å². The average Bonchev–Trinajstić information content (AvgIpc) is 2.87. The Bertz CT molecular complexity index is 905. The fourth-order valence-corrected chi connectivity index (χ4v) is 3.18. The lowest BCUT2D eigenvalue weighted by Crippen LogP contribution is -2.13. The summed E-state index contributed by atoms with van der Waals surface area (Å²) >= 11 is 0. The molecule has 0 bridgehead atoms. The van der Waals surface area contributed by atoms with Crippen LogP contribution in [-0.2, 0) is 19.1 Å². The molecule has 0 unspecified atom stereocenters. The second-order valence-corrected chi connectivity index (χ2v) is 8.44. The maximum atomic E-state index is 12.2. The molecule has 0 saturated heterocycles. The molecule has 0 fully saturated rings. The molecular formula is C28H36N2O6. The van der Waals surface area contributed by atoms with Crippen LogP contribution >= 0.6 is 0 Å². The van der Waals surface area contributed by atoms with Gasteiger partial charge in [0.2, 0.25) is 11.8 Å². The second kappa shape index (κ2) is 16.1. The number of hydrogen-bond donors (Lipinski definition) is 2. The highest BCUT2D eigenvalue weighted by molar-refractivity contribution is 5.94. The van der Waals surface area contributed by atoms with E-state index in [1.807, 2.05) is 13.8 Å². The molecule has 8 nitrogen and oxygen atoms in total. The van der Waals surface area contributed by atoms with Crippen LogP contribution in [0.5, 0.6) is 0 Å². The van der Waals surface area contributed by atoms with Gasteiger partial charge in [0, 0.05) is 24.2 Å². The fourth-order valence-electron chi connectivity index (χ4n) is 3.18. The number of anilines is 2. The molecule has 2 N–H and O–H groups in total. The molecule has 0 radical (unpaired) electrons. The molecule has 8 heteroatoms. The van der Waals surface area contributed by atoms with Crippen LogP contribution < -0.4 is 10.6 Å². The summed E-state index contributed by atoms with van der Waals surface area (Å²) in [6.07, 6.45) is 5.24. The molecule has 0 aliphatic rings. The highest BCUT2D eigenvalue weighted by Crippen LogP contribution is 2.14. The highest BCUT2D eigenvalue weighted by Gasteiger charge is 2.10. The molecule has 0 aromatic heterocycles. The van der Waals surface area contributed by atoms with Crippen molar-refractivity contribution in [3.05, 3.63) is 59.7 Å². The maximum absolute atomic E-state index is 12.2. The van der Waals surface area contributed by atoms with Crippen molar-refractivity contribution in [3.63, 3.8) is 0 Å². The Morgan fingerprint density at radius 2 is 0.944 bits per heavy atom. The Morgan fingerprint density at radius 3 is 1.28 bits per heavy atom. The third-order valence-electron chi connectivity index (χ3n) is 5.33. The Kier molecular flexibility index (Phi) is 12.8. The van der Waals surface area contributed by atoms with E-state index in [1.165, 1.54) is 0 Å². The zero-order chi connectivity index (χ0) is 26.2. The normalized spacial score (nSPS) is 10.4. The standard InChI is InChI=1S/C28H36N2O6/c1-3-5-19-35-27(33)21-11-15-23(16-12-21)29-25(31)9-7-8-10-26(32)30-24-17-13-22(14-18-24)28(34)36-20-6-4-2/h11-18H,3-10,19-20H2,1-2H3,(H,29,31)(H,30,32). The lowest BCUT2D eigenvalue weighted by Gasteiger charge is -2.08. The molecule has 194 valence electrons. The summed E-state index contributed by atoms with van der Waals surface area (Å²) in [5.41, 5.74) is 2.08. The summed E-state index contributed by atoms with van der Waals surface area (Å²) in [5.74, 6) is -1.06. The minimum Gasteiger partial charge on any atom is -0.462 e. The molecule has 2 aromatic carbocycles. The van der Waals surface area contributed by atoms with Gasteiger partial charge < -0.3 is 20.1 Å². The van der Waals surface area contributed by atoms with Gasteiger partial charge in [0.25, 0.3) is 0 Å². The number of hydrogen-bond acceptors (Lipinski definition) is 6. The van der Waals surface area contributed by atoms with E-state index in [-0.39, 0.29) is 36.6 Å². The van der Waals surface area contributed by atoms with Crippen LogP contribution in [0.2, 0.25) is 0 Å². The smallest absolute Gasteiger partial charge is 0.338 e. The number of unbranched alkanes of at least 4 members (excludes halogenated alkanes) is 3. The average molecular weight is 497 g/mol. The van der Waals surface area contributed by atoms with Gasteiger partial charge in [0.05, 0.1) is 24.3 Å². The Labute approximate surface area is 212 Å². The van der Waals surface area contributed by atoms with Crippen LogP contribution in [0.15, 0.2) is 48.5 Å². The summed E-state index contributed by atoms with van der Waals surface area (Å²) in [6.45, 7) is 4.84. The first-order valence-corrected chi connectivity index (χ1v) is 12.6. The first-order valence-electron chi connectivity index (χ1n) is 12.6. The van der Waals surface area contributed by atoms with Crippen molar-refractivity contribution >= 4 is 35.1 Å². The van der Waals surface area contributed by atoms with Gasteiger partial charge >= 0.3 is 11.9 Å². The van der Waals surface area contributed by atoms with Crippen molar-refractivity contribution in [2.75, 3.05) is 23.8 Å². The molecular weight excluding hydrogens is 460 g/mol. The summed E-state index contributed by atoms with van der Waals surface area (Å²) in [4.78, 5) is 48.2. The summed E-state index contributed by atoms with van der Waals surface area (Å²) in [5, 5.41) is 5.58. The predicted octanol–water partition coefficient (Wildman–Crippen LogP) is 5.74. The number of rotatable bonds is 15. The van der Waals surface area contributed by atoms with Gasteiger partial charge in [-0.2, -0.15) is 0 Å². The third kappa shape index (κ3) is 10.7. The Balaban J connectivity index is 1.64. The molecule has 0 heterocycles. The molecule has 2 amide bonds. The van der Waals surface area contributed by atoms with Crippen LogP contribution in [0.3, 0.4) is 0 Å². The zero-order valence-corrected chi connectivity index (χ0v) is 21.1. The SMILES string of the molecule is CCCCOC(=O)c1ccc(NC(=O)CCCCC(=O)Nc2ccc(C(=O)OCCCC)cc2)cc1.